The highest BCUT2D eigenvalue weighted by molar-refractivity contribution is 5.24. The molecule has 0 heteroatoms. The van der Waals surface area contributed by atoms with E-state index in [2.05, 4.69) is 6.08 Å². The van der Waals surface area contributed by atoms with Crippen LogP contribution in [0, 0.1) is 23.8 Å². The highest BCUT2D eigenvalue weighted by atomic mass is 14.4. The fourth-order valence-corrected chi connectivity index (χ4v) is 2.96. The average Bonchev–Trinajstić information content (AvgIpc) is 1.82. The predicted molar refractivity (Wildman–Crippen MR) is 40.1 cm³/mol. The summed E-state index contributed by atoms with van der Waals surface area (Å²) in [7, 11) is 0. The lowest BCUT2D eigenvalue weighted by atomic mass is 9.61. The van der Waals surface area contributed by atoms with E-state index in [9.17, 15) is 0 Å². The van der Waals surface area contributed by atoms with Crippen LogP contribution in [0.5, 0.6) is 0 Å². The van der Waals surface area contributed by atoms with E-state index >= 15 is 0 Å². The maximum absolute atomic E-state index is 3.55. The largest absolute Gasteiger partial charge is 0.0656 e. The Morgan fingerprint density at radius 3 is 2.20 bits per heavy atom. The molecule has 0 heterocycles. The van der Waals surface area contributed by atoms with Crippen LogP contribution in [0.3, 0.4) is 0 Å². The summed E-state index contributed by atoms with van der Waals surface area (Å²) in [4.78, 5) is 0. The minimum Gasteiger partial charge on any atom is -0.0656 e. The summed E-state index contributed by atoms with van der Waals surface area (Å²) in [6.07, 6.45) is 10.6. The molecule has 2 radical (unpaired) electrons. The van der Waals surface area contributed by atoms with Gasteiger partial charge in [-0.1, -0.05) is 5.57 Å². The van der Waals surface area contributed by atoms with Crippen LogP contribution in [0.2, 0.25) is 0 Å². The SMILES string of the molecule is [C]1=C2CC3C[C]1CC(C2)C3. The molecule has 4 bridgehead atoms. The normalized spacial score (nSPS) is 44.2. The van der Waals surface area contributed by atoms with Gasteiger partial charge in [-0.2, -0.15) is 0 Å². The van der Waals surface area contributed by atoms with E-state index in [-0.39, 0.29) is 0 Å². The predicted octanol–water partition coefficient (Wildman–Crippen LogP) is 2.51. The maximum Gasteiger partial charge on any atom is 0.00581 e. The molecular weight excluding hydrogens is 120 g/mol. The first-order valence-electron chi connectivity index (χ1n) is 4.36. The Kier molecular flexibility index (Phi) is 0.898. The van der Waals surface area contributed by atoms with Gasteiger partial charge in [-0.05, 0) is 50.0 Å². The van der Waals surface area contributed by atoms with E-state index in [4.69, 9.17) is 0 Å². The Morgan fingerprint density at radius 1 is 1.00 bits per heavy atom. The lowest BCUT2D eigenvalue weighted by Crippen LogP contribution is -2.31. The topological polar surface area (TPSA) is 0 Å². The third-order valence-corrected chi connectivity index (χ3v) is 3.16. The number of allylic oxidation sites excluding steroid dienone is 2. The number of hydrogen-bond acceptors (Lipinski definition) is 0. The van der Waals surface area contributed by atoms with Crippen LogP contribution < -0.4 is 0 Å². The van der Waals surface area contributed by atoms with Gasteiger partial charge < -0.3 is 0 Å². The zero-order chi connectivity index (χ0) is 6.55. The molecule has 4 aliphatic carbocycles. The molecule has 0 aromatic rings. The maximum atomic E-state index is 3.55. The fourth-order valence-electron chi connectivity index (χ4n) is 2.96. The van der Waals surface area contributed by atoms with Gasteiger partial charge in [0.15, 0.2) is 0 Å². The standard InChI is InChI=1S/C10H12/c1-7-2-9-4-8(1)5-10(3-7)6-9/h7-8H,1-5H2. The fraction of sp³-hybridized carbons (Fsp3) is 0.700. The van der Waals surface area contributed by atoms with E-state index in [1.165, 1.54) is 32.1 Å². The van der Waals surface area contributed by atoms with Crippen molar-refractivity contribution in [2.45, 2.75) is 32.1 Å². The molecular formula is C10H12. The van der Waals surface area contributed by atoms with Crippen LogP contribution in [0.4, 0.5) is 0 Å². The molecule has 0 nitrogen and oxygen atoms in total. The zero-order valence-corrected chi connectivity index (χ0v) is 6.19. The van der Waals surface area contributed by atoms with Gasteiger partial charge in [0.05, 0.1) is 0 Å². The highest BCUT2D eigenvalue weighted by Crippen LogP contribution is 2.50. The average molecular weight is 132 g/mol. The van der Waals surface area contributed by atoms with Crippen molar-refractivity contribution in [3.63, 3.8) is 0 Å². The molecule has 4 rings (SSSR count). The highest BCUT2D eigenvalue weighted by Gasteiger charge is 2.37. The van der Waals surface area contributed by atoms with Gasteiger partial charge in [0.1, 0.15) is 0 Å². The van der Waals surface area contributed by atoms with Crippen molar-refractivity contribution in [1.82, 2.24) is 0 Å². The van der Waals surface area contributed by atoms with Crippen molar-refractivity contribution < 1.29 is 0 Å². The molecule has 10 heavy (non-hydrogen) atoms. The van der Waals surface area contributed by atoms with E-state index in [0.29, 0.717) is 0 Å². The van der Waals surface area contributed by atoms with Crippen molar-refractivity contribution in [2.24, 2.45) is 11.8 Å². The van der Waals surface area contributed by atoms with Gasteiger partial charge in [-0.3, -0.25) is 0 Å². The molecule has 0 spiro atoms. The van der Waals surface area contributed by atoms with Crippen LogP contribution in [-0.4, -0.2) is 0 Å². The Morgan fingerprint density at radius 2 is 1.70 bits per heavy atom. The lowest BCUT2D eigenvalue weighted by Gasteiger charge is -2.43. The van der Waals surface area contributed by atoms with Gasteiger partial charge in [-0.15, -0.1) is 0 Å². The Hall–Kier alpha value is -0.260. The molecule has 2 atom stereocenters. The summed E-state index contributed by atoms with van der Waals surface area (Å²) in [6.45, 7) is 0. The van der Waals surface area contributed by atoms with E-state index in [0.717, 1.165) is 11.8 Å². The summed E-state index contributed by atoms with van der Waals surface area (Å²) in [5.41, 5.74) is 1.65. The molecule has 2 unspecified atom stereocenters. The molecule has 0 saturated heterocycles. The van der Waals surface area contributed by atoms with Crippen molar-refractivity contribution >= 4 is 0 Å². The van der Waals surface area contributed by atoms with Crippen molar-refractivity contribution in [3.05, 3.63) is 17.6 Å². The van der Waals surface area contributed by atoms with Crippen LogP contribution in [0.25, 0.3) is 0 Å². The zero-order valence-electron chi connectivity index (χ0n) is 6.19. The first-order valence-corrected chi connectivity index (χ1v) is 4.36. The van der Waals surface area contributed by atoms with Gasteiger partial charge in [0.2, 0.25) is 0 Å². The Balaban J connectivity index is 2.04. The second kappa shape index (κ2) is 1.66. The summed E-state index contributed by atoms with van der Waals surface area (Å²) >= 11 is 0. The molecule has 0 N–H and O–H groups in total. The monoisotopic (exact) mass is 132 g/mol. The molecule has 52 valence electrons. The van der Waals surface area contributed by atoms with Gasteiger partial charge in [-0.25, -0.2) is 0 Å². The molecule has 0 amide bonds. The van der Waals surface area contributed by atoms with E-state index < -0.39 is 0 Å². The van der Waals surface area contributed by atoms with Gasteiger partial charge in [0.25, 0.3) is 0 Å². The van der Waals surface area contributed by atoms with E-state index in [1.54, 1.807) is 11.5 Å². The Bertz CT molecular complexity index is 174. The molecule has 2 saturated carbocycles. The molecule has 4 aliphatic rings. The van der Waals surface area contributed by atoms with Crippen LogP contribution >= 0.6 is 0 Å². The first-order chi connectivity index (χ1) is 4.90. The lowest BCUT2D eigenvalue weighted by molar-refractivity contribution is 0.233. The van der Waals surface area contributed by atoms with Crippen molar-refractivity contribution in [2.75, 3.05) is 0 Å². The van der Waals surface area contributed by atoms with Crippen LogP contribution in [0.15, 0.2) is 5.57 Å². The van der Waals surface area contributed by atoms with Crippen LogP contribution in [0.1, 0.15) is 32.1 Å². The van der Waals surface area contributed by atoms with Gasteiger partial charge in [0, 0.05) is 5.92 Å². The molecule has 0 aromatic carbocycles. The summed E-state index contributed by atoms with van der Waals surface area (Å²) in [5.74, 6) is 3.73. The van der Waals surface area contributed by atoms with E-state index in [1.807, 2.05) is 0 Å². The number of rotatable bonds is 0. The first kappa shape index (κ1) is 5.40. The second-order valence-electron chi connectivity index (χ2n) is 4.12. The summed E-state index contributed by atoms with van der Waals surface area (Å²) in [6, 6.07) is 0. The molecule has 0 aliphatic heterocycles. The summed E-state index contributed by atoms with van der Waals surface area (Å²) in [5, 5.41) is 0. The smallest absolute Gasteiger partial charge is 0.00581 e. The third-order valence-electron chi connectivity index (χ3n) is 3.16. The summed E-state index contributed by atoms with van der Waals surface area (Å²) < 4.78 is 0. The Labute approximate surface area is 62.3 Å². The number of hydrogen-bond donors (Lipinski definition) is 0. The van der Waals surface area contributed by atoms with Crippen molar-refractivity contribution in [3.8, 4) is 0 Å². The minimum absolute atomic E-state index is 1.04. The third kappa shape index (κ3) is 0.624. The molecule has 0 aromatic heterocycles. The van der Waals surface area contributed by atoms with Crippen LogP contribution in [-0.2, 0) is 0 Å². The second-order valence-corrected chi connectivity index (χ2v) is 4.12. The minimum atomic E-state index is 1.04. The van der Waals surface area contributed by atoms with Crippen molar-refractivity contribution in [1.29, 1.82) is 0 Å². The quantitative estimate of drug-likeness (QED) is 0.475. The molecule has 2 fully saturated rings. The van der Waals surface area contributed by atoms with Gasteiger partial charge >= 0.3 is 0 Å².